The Morgan fingerprint density at radius 3 is 2.89 bits per heavy atom. The van der Waals surface area contributed by atoms with E-state index in [4.69, 9.17) is 4.42 Å². The Hall–Kier alpha value is -2.04. The molecule has 1 aromatic carbocycles. The molecule has 0 aliphatic carbocycles. The van der Waals surface area contributed by atoms with Gasteiger partial charge in [-0.15, -0.1) is 11.3 Å². The second-order valence-electron chi connectivity index (χ2n) is 5.79. The number of furan rings is 1. The second kappa shape index (κ2) is 8.32. The van der Waals surface area contributed by atoms with Crippen LogP contribution in [0.15, 0.2) is 45.4 Å². The van der Waals surface area contributed by atoms with Crippen LogP contribution in [-0.4, -0.2) is 42.8 Å². The van der Waals surface area contributed by atoms with Crippen molar-refractivity contribution < 1.29 is 17.6 Å². The molecule has 0 bridgehead atoms. The maximum Gasteiger partial charge on any atom is 0.233 e. The SMILES string of the molecule is CCS(=O)(=O)Nc1ccc2nc(SCC(=O)N(C)Cc3ccco3)sc2c1. The lowest BCUT2D eigenvalue weighted by Crippen LogP contribution is -2.27. The summed E-state index contributed by atoms with van der Waals surface area (Å²) in [7, 11) is -1.58. The highest BCUT2D eigenvalue weighted by atomic mass is 32.2. The van der Waals surface area contributed by atoms with E-state index in [1.807, 2.05) is 6.07 Å². The summed E-state index contributed by atoms with van der Waals surface area (Å²) in [4.78, 5) is 18.4. The number of hydrogen-bond donors (Lipinski definition) is 1. The van der Waals surface area contributed by atoms with Crippen molar-refractivity contribution in [2.24, 2.45) is 0 Å². The summed E-state index contributed by atoms with van der Waals surface area (Å²) in [5.74, 6) is 0.999. The van der Waals surface area contributed by atoms with E-state index in [1.54, 1.807) is 49.4 Å². The second-order valence-corrected chi connectivity index (χ2v) is 10.0. The molecular weight excluding hydrogens is 406 g/mol. The standard InChI is InChI=1S/C17H19N3O4S3/c1-3-27(22,23)19-12-6-7-14-15(9-12)26-17(18-14)25-11-16(21)20(2)10-13-5-4-8-24-13/h4-9,19H,3,10-11H2,1-2H3. The Bertz CT molecular complexity index is 1030. The number of rotatable bonds is 8. The number of nitrogens with one attached hydrogen (secondary N) is 1. The Labute approximate surface area is 165 Å². The van der Waals surface area contributed by atoms with Gasteiger partial charge in [-0.05, 0) is 37.3 Å². The Balaban J connectivity index is 1.62. The number of hydrogen-bond acceptors (Lipinski definition) is 7. The summed E-state index contributed by atoms with van der Waals surface area (Å²) in [6.07, 6.45) is 1.58. The molecule has 10 heteroatoms. The molecule has 0 radical (unpaired) electrons. The first-order chi connectivity index (χ1) is 12.9. The summed E-state index contributed by atoms with van der Waals surface area (Å²) in [5.41, 5.74) is 1.29. The third-order valence-corrected chi connectivity index (χ3v) is 7.19. The average Bonchev–Trinajstić information content (AvgIpc) is 3.28. The summed E-state index contributed by atoms with van der Waals surface area (Å²) < 4.78 is 32.8. The van der Waals surface area contributed by atoms with E-state index < -0.39 is 10.0 Å². The summed E-state index contributed by atoms with van der Waals surface area (Å²) >= 11 is 2.80. The van der Waals surface area contributed by atoms with Crippen molar-refractivity contribution in [3.8, 4) is 0 Å². The van der Waals surface area contributed by atoms with Crippen LogP contribution in [0.5, 0.6) is 0 Å². The lowest BCUT2D eigenvalue weighted by atomic mass is 10.3. The molecule has 0 aliphatic rings. The van der Waals surface area contributed by atoms with Crippen LogP contribution in [0.3, 0.4) is 0 Å². The van der Waals surface area contributed by atoms with Crippen molar-refractivity contribution in [2.45, 2.75) is 17.8 Å². The van der Waals surface area contributed by atoms with Gasteiger partial charge in [0.25, 0.3) is 0 Å². The summed E-state index contributed by atoms with van der Waals surface area (Å²) in [5, 5.41) is 0. The van der Waals surface area contributed by atoms with Gasteiger partial charge in [-0.1, -0.05) is 11.8 Å². The molecule has 3 rings (SSSR count). The molecule has 144 valence electrons. The van der Waals surface area contributed by atoms with Crippen molar-refractivity contribution in [3.63, 3.8) is 0 Å². The molecule has 0 atom stereocenters. The van der Waals surface area contributed by atoms with Crippen molar-refractivity contribution in [3.05, 3.63) is 42.4 Å². The van der Waals surface area contributed by atoms with Gasteiger partial charge in [0.1, 0.15) is 5.76 Å². The number of nitrogens with zero attached hydrogens (tertiary/aromatic N) is 2. The third kappa shape index (κ3) is 5.24. The zero-order valence-electron chi connectivity index (χ0n) is 14.8. The number of thiazole rings is 1. The fraction of sp³-hybridized carbons (Fsp3) is 0.294. The van der Waals surface area contributed by atoms with E-state index in [-0.39, 0.29) is 17.4 Å². The number of benzene rings is 1. The minimum absolute atomic E-state index is 0.0163. The van der Waals surface area contributed by atoms with E-state index in [9.17, 15) is 13.2 Å². The van der Waals surface area contributed by atoms with Gasteiger partial charge in [-0.25, -0.2) is 13.4 Å². The molecule has 0 saturated carbocycles. The molecule has 0 aliphatic heterocycles. The number of aromatic nitrogens is 1. The van der Waals surface area contributed by atoms with Gasteiger partial charge in [0.15, 0.2) is 4.34 Å². The molecule has 2 aromatic heterocycles. The van der Waals surface area contributed by atoms with Crippen molar-refractivity contribution >= 4 is 54.9 Å². The van der Waals surface area contributed by atoms with Crippen molar-refractivity contribution in [2.75, 3.05) is 23.3 Å². The molecule has 7 nitrogen and oxygen atoms in total. The molecule has 3 aromatic rings. The number of sulfonamides is 1. The number of amides is 1. The Kier molecular flexibility index (Phi) is 6.08. The van der Waals surface area contributed by atoms with Gasteiger partial charge >= 0.3 is 0 Å². The van der Waals surface area contributed by atoms with Crippen LogP contribution in [0.1, 0.15) is 12.7 Å². The highest BCUT2D eigenvalue weighted by molar-refractivity contribution is 8.01. The van der Waals surface area contributed by atoms with E-state index in [2.05, 4.69) is 9.71 Å². The van der Waals surface area contributed by atoms with E-state index >= 15 is 0 Å². The maximum absolute atomic E-state index is 12.3. The first-order valence-electron chi connectivity index (χ1n) is 8.16. The predicted molar refractivity (Wildman–Crippen MR) is 109 cm³/mol. The van der Waals surface area contributed by atoms with Crippen LogP contribution in [0.4, 0.5) is 5.69 Å². The lowest BCUT2D eigenvalue weighted by molar-refractivity contribution is -0.127. The Morgan fingerprint density at radius 2 is 2.19 bits per heavy atom. The molecule has 27 heavy (non-hydrogen) atoms. The molecule has 2 heterocycles. The van der Waals surface area contributed by atoms with E-state index in [1.165, 1.54) is 23.1 Å². The summed E-state index contributed by atoms with van der Waals surface area (Å²) in [6, 6.07) is 8.84. The lowest BCUT2D eigenvalue weighted by Gasteiger charge is -2.14. The molecule has 0 saturated heterocycles. The zero-order chi connectivity index (χ0) is 19.4. The number of anilines is 1. The first-order valence-corrected chi connectivity index (χ1v) is 11.6. The molecule has 1 N–H and O–H groups in total. The van der Waals surface area contributed by atoms with Crippen LogP contribution < -0.4 is 4.72 Å². The first kappa shape index (κ1) is 19.7. The van der Waals surface area contributed by atoms with Gasteiger partial charge in [-0.2, -0.15) is 0 Å². The smallest absolute Gasteiger partial charge is 0.233 e. The van der Waals surface area contributed by atoms with Crippen LogP contribution in [0.25, 0.3) is 10.2 Å². The van der Waals surface area contributed by atoms with Gasteiger partial charge in [-0.3, -0.25) is 9.52 Å². The van der Waals surface area contributed by atoms with Gasteiger partial charge < -0.3 is 9.32 Å². The zero-order valence-corrected chi connectivity index (χ0v) is 17.3. The number of carbonyl (C=O) groups excluding carboxylic acids is 1. The normalized spacial score (nSPS) is 11.6. The highest BCUT2D eigenvalue weighted by Gasteiger charge is 2.14. The van der Waals surface area contributed by atoms with Gasteiger partial charge in [0, 0.05) is 7.05 Å². The Morgan fingerprint density at radius 1 is 1.37 bits per heavy atom. The fourth-order valence-electron chi connectivity index (χ4n) is 2.24. The van der Waals surface area contributed by atoms with Crippen LogP contribution in [0, 0.1) is 0 Å². The third-order valence-electron chi connectivity index (χ3n) is 3.74. The molecule has 0 unspecified atom stereocenters. The molecular formula is C17H19N3O4S3. The van der Waals surface area contributed by atoms with Crippen molar-refractivity contribution in [1.82, 2.24) is 9.88 Å². The monoisotopic (exact) mass is 425 g/mol. The summed E-state index contributed by atoms with van der Waals surface area (Å²) in [6.45, 7) is 2.01. The van der Waals surface area contributed by atoms with Crippen LogP contribution in [0.2, 0.25) is 0 Å². The largest absolute Gasteiger partial charge is 0.467 e. The maximum atomic E-state index is 12.3. The number of fused-ring (bicyclic) bond motifs is 1. The van der Waals surface area contributed by atoms with Crippen LogP contribution >= 0.6 is 23.1 Å². The average molecular weight is 426 g/mol. The quantitative estimate of drug-likeness (QED) is 0.556. The topological polar surface area (TPSA) is 92.5 Å². The number of carbonyl (C=O) groups is 1. The minimum Gasteiger partial charge on any atom is -0.467 e. The molecule has 0 fully saturated rings. The van der Waals surface area contributed by atoms with E-state index in [0.717, 1.165) is 20.3 Å². The van der Waals surface area contributed by atoms with Gasteiger partial charge in [0.05, 0.1) is 40.2 Å². The predicted octanol–water partition coefficient (Wildman–Crippen LogP) is 3.40. The number of thioether (sulfide) groups is 1. The highest BCUT2D eigenvalue weighted by Crippen LogP contribution is 2.31. The molecule has 0 spiro atoms. The minimum atomic E-state index is -3.32. The van der Waals surface area contributed by atoms with E-state index in [0.29, 0.717) is 12.2 Å². The van der Waals surface area contributed by atoms with Crippen LogP contribution in [-0.2, 0) is 21.4 Å². The molecule has 1 amide bonds. The fourth-order valence-corrected chi connectivity index (χ4v) is 4.92. The van der Waals surface area contributed by atoms with Crippen molar-refractivity contribution in [1.29, 1.82) is 0 Å². The van der Waals surface area contributed by atoms with Gasteiger partial charge in [0.2, 0.25) is 15.9 Å².